The Morgan fingerprint density at radius 2 is 2.24 bits per heavy atom. The van der Waals surface area contributed by atoms with E-state index in [9.17, 15) is 4.79 Å². The SMILES string of the molecule is CCN(CCC#N)CCC(=O)Nc1ccc(OC)cc1N. The Balaban J connectivity index is 2.48. The Morgan fingerprint density at radius 1 is 1.48 bits per heavy atom. The zero-order chi connectivity index (χ0) is 15.7. The van der Waals surface area contributed by atoms with Crippen molar-refractivity contribution >= 4 is 17.3 Å². The second-order valence-electron chi connectivity index (χ2n) is 4.59. The number of nitriles is 1. The summed E-state index contributed by atoms with van der Waals surface area (Å²) in [4.78, 5) is 14.0. The van der Waals surface area contributed by atoms with Gasteiger partial charge in [-0.25, -0.2) is 0 Å². The van der Waals surface area contributed by atoms with Gasteiger partial charge < -0.3 is 20.7 Å². The Bertz CT molecular complexity index is 511. The van der Waals surface area contributed by atoms with Crippen LogP contribution in [0.5, 0.6) is 5.75 Å². The molecule has 0 spiro atoms. The molecule has 0 aromatic heterocycles. The van der Waals surface area contributed by atoms with Crippen molar-refractivity contribution in [1.29, 1.82) is 5.26 Å². The molecule has 0 fully saturated rings. The maximum Gasteiger partial charge on any atom is 0.225 e. The molecular weight excluding hydrogens is 268 g/mol. The normalized spacial score (nSPS) is 10.2. The first-order chi connectivity index (χ1) is 10.1. The van der Waals surface area contributed by atoms with E-state index in [1.165, 1.54) is 0 Å². The van der Waals surface area contributed by atoms with E-state index in [2.05, 4.69) is 16.3 Å². The molecule has 0 bridgehead atoms. The quantitative estimate of drug-likeness (QED) is 0.713. The third-order valence-corrected chi connectivity index (χ3v) is 3.17. The molecule has 1 aromatic rings. The highest BCUT2D eigenvalue weighted by molar-refractivity contribution is 5.94. The molecule has 0 aliphatic rings. The number of methoxy groups -OCH3 is 1. The molecule has 0 aliphatic carbocycles. The van der Waals surface area contributed by atoms with E-state index in [-0.39, 0.29) is 5.91 Å². The van der Waals surface area contributed by atoms with Crippen molar-refractivity contribution in [2.24, 2.45) is 0 Å². The van der Waals surface area contributed by atoms with Crippen molar-refractivity contribution in [1.82, 2.24) is 4.90 Å². The summed E-state index contributed by atoms with van der Waals surface area (Å²) in [6.45, 7) is 4.14. The molecule has 0 radical (unpaired) electrons. The summed E-state index contributed by atoms with van der Waals surface area (Å²) in [5.74, 6) is 0.557. The molecule has 0 heterocycles. The van der Waals surface area contributed by atoms with Crippen LogP contribution in [0.25, 0.3) is 0 Å². The summed E-state index contributed by atoms with van der Waals surface area (Å²) in [7, 11) is 1.56. The van der Waals surface area contributed by atoms with Gasteiger partial charge in [-0.2, -0.15) is 5.26 Å². The van der Waals surface area contributed by atoms with E-state index in [0.29, 0.717) is 43.1 Å². The molecule has 1 aromatic carbocycles. The highest BCUT2D eigenvalue weighted by Gasteiger charge is 2.09. The summed E-state index contributed by atoms with van der Waals surface area (Å²) >= 11 is 0. The fourth-order valence-electron chi connectivity index (χ4n) is 1.89. The maximum atomic E-state index is 11.9. The third kappa shape index (κ3) is 5.71. The number of carbonyl (C=O) groups is 1. The topological polar surface area (TPSA) is 91.4 Å². The van der Waals surface area contributed by atoms with Crippen molar-refractivity contribution in [3.63, 3.8) is 0 Å². The Kier molecular flexibility index (Phi) is 7.05. The lowest BCUT2D eigenvalue weighted by atomic mass is 10.2. The summed E-state index contributed by atoms with van der Waals surface area (Å²) in [5, 5.41) is 11.4. The van der Waals surface area contributed by atoms with Crippen LogP contribution in [0.4, 0.5) is 11.4 Å². The number of hydrogen-bond acceptors (Lipinski definition) is 5. The van der Waals surface area contributed by atoms with Gasteiger partial charge in [0.1, 0.15) is 5.75 Å². The molecule has 0 saturated carbocycles. The number of nitrogens with one attached hydrogen (secondary N) is 1. The summed E-state index contributed by atoms with van der Waals surface area (Å²) in [6.07, 6.45) is 0.839. The molecule has 1 amide bonds. The molecule has 6 heteroatoms. The largest absolute Gasteiger partial charge is 0.497 e. The highest BCUT2D eigenvalue weighted by Crippen LogP contribution is 2.24. The lowest BCUT2D eigenvalue weighted by Gasteiger charge is -2.18. The van der Waals surface area contributed by atoms with Gasteiger partial charge in [0.05, 0.1) is 24.6 Å². The van der Waals surface area contributed by atoms with Crippen molar-refractivity contribution in [3.05, 3.63) is 18.2 Å². The summed E-state index contributed by atoms with van der Waals surface area (Å²) in [5.41, 5.74) is 6.91. The zero-order valence-corrected chi connectivity index (χ0v) is 12.6. The monoisotopic (exact) mass is 290 g/mol. The second kappa shape index (κ2) is 8.82. The van der Waals surface area contributed by atoms with Crippen LogP contribution in [-0.2, 0) is 4.79 Å². The van der Waals surface area contributed by atoms with Crippen LogP contribution < -0.4 is 15.8 Å². The van der Waals surface area contributed by atoms with E-state index in [4.69, 9.17) is 15.7 Å². The van der Waals surface area contributed by atoms with Crippen molar-refractivity contribution in [3.8, 4) is 11.8 Å². The van der Waals surface area contributed by atoms with Crippen LogP contribution in [0.3, 0.4) is 0 Å². The second-order valence-corrected chi connectivity index (χ2v) is 4.59. The number of amides is 1. The molecular formula is C15H22N4O2. The predicted octanol–water partition coefficient (Wildman–Crippen LogP) is 1.84. The minimum Gasteiger partial charge on any atom is -0.497 e. The minimum absolute atomic E-state index is 0.0951. The van der Waals surface area contributed by atoms with Crippen LogP contribution in [0.1, 0.15) is 19.8 Å². The zero-order valence-electron chi connectivity index (χ0n) is 12.6. The van der Waals surface area contributed by atoms with Crippen LogP contribution in [0, 0.1) is 11.3 Å². The van der Waals surface area contributed by atoms with Gasteiger partial charge in [-0.3, -0.25) is 4.79 Å². The van der Waals surface area contributed by atoms with E-state index in [1.54, 1.807) is 25.3 Å². The number of nitrogens with zero attached hydrogens (tertiary/aromatic N) is 2. The van der Waals surface area contributed by atoms with Gasteiger partial charge in [-0.15, -0.1) is 0 Å². The van der Waals surface area contributed by atoms with Crippen molar-refractivity contribution < 1.29 is 9.53 Å². The lowest BCUT2D eigenvalue weighted by molar-refractivity contribution is -0.116. The Hall–Kier alpha value is -2.26. The third-order valence-electron chi connectivity index (χ3n) is 3.17. The average molecular weight is 290 g/mol. The van der Waals surface area contributed by atoms with Gasteiger partial charge in [0.25, 0.3) is 0 Å². The van der Waals surface area contributed by atoms with Gasteiger partial charge in [-0.1, -0.05) is 6.92 Å². The van der Waals surface area contributed by atoms with Crippen LogP contribution in [0.15, 0.2) is 18.2 Å². The number of rotatable bonds is 8. The Labute approximate surface area is 125 Å². The van der Waals surface area contributed by atoms with E-state index < -0.39 is 0 Å². The van der Waals surface area contributed by atoms with Gasteiger partial charge in [0.15, 0.2) is 0 Å². The number of nitrogen functional groups attached to an aromatic ring is 1. The maximum absolute atomic E-state index is 11.9. The molecule has 3 N–H and O–H groups in total. The number of ether oxygens (including phenoxy) is 1. The van der Waals surface area contributed by atoms with Crippen LogP contribution in [-0.4, -0.2) is 37.6 Å². The summed E-state index contributed by atoms with van der Waals surface area (Å²) < 4.78 is 5.06. The smallest absolute Gasteiger partial charge is 0.225 e. The van der Waals surface area contributed by atoms with E-state index in [0.717, 1.165) is 6.54 Å². The minimum atomic E-state index is -0.0951. The Morgan fingerprint density at radius 3 is 2.81 bits per heavy atom. The van der Waals surface area contributed by atoms with Gasteiger partial charge in [0, 0.05) is 32.0 Å². The fourth-order valence-corrected chi connectivity index (χ4v) is 1.89. The van der Waals surface area contributed by atoms with Gasteiger partial charge in [-0.05, 0) is 18.7 Å². The number of anilines is 2. The molecule has 0 unspecified atom stereocenters. The molecule has 21 heavy (non-hydrogen) atoms. The molecule has 0 atom stereocenters. The standard InChI is InChI=1S/C15H22N4O2/c1-3-19(9-4-8-16)10-7-15(20)18-14-6-5-12(21-2)11-13(14)17/h5-6,11H,3-4,7,9-10,17H2,1-2H3,(H,18,20). The first-order valence-electron chi connectivity index (χ1n) is 6.93. The van der Waals surface area contributed by atoms with Crippen molar-refractivity contribution in [2.45, 2.75) is 19.8 Å². The average Bonchev–Trinajstić information content (AvgIpc) is 2.49. The van der Waals surface area contributed by atoms with E-state index >= 15 is 0 Å². The number of hydrogen-bond donors (Lipinski definition) is 2. The molecule has 0 aliphatic heterocycles. The molecule has 0 saturated heterocycles. The van der Waals surface area contributed by atoms with Gasteiger partial charge >= 0.3 is 0 Å². The number of nitrogens with two attached hydrogens (primary N) is 1. The first-order valence-corrected chi connectivity index (χ1v) is 6.93. The number of carbonyl (C=O) groups excluding carboxylic acids is 1. The predicted molar refractivity (Wildman–Crippen MR) is 83.0 cm³/mol. The van der Waals surface area contributed by atoms with Crippen LogP contribution >= 0.6 is 0 Å². The molecule has 114 valence electrons. The fraction of sp³-hybridized carbons (Fsp3) is 0.467. The lowest BCUT2D eigenvalue weighted by Crippen LogP contribution is -2.28. The van der Waals surface area contributed by atoms with Gasteiger partial charge in [0.2, 0.25) is 5.91 Å². The highest BCUT2D eigenvalue weighted by atomic mass is 16.5. The summed E-state index contributed by atoms with van der Waals surface area (Å²) in [6, 6.07) is 7.24. The van der Waals surface area contributed by atoms with E-state index in [1.807, 2.05) is 6.92 Å². The van der Waals surface area contributed by atoms with Crippen molar-refractivity contribution in [2.75, 3.05) is 37.8 Å². The van der Waals surface area contributed by atoms with Crippen LogP contribution in [0.2, 0.25) is 0 Å². The number of benzene rings is 1. The molecule has 6 nitrogen and oxygen atoms in total. The molecule has 1 rings (SSSR count). The first kappa shape index (κ1) is 16.8.